The number of aromatic nitrogens is 4. The second-order valence-corrected chi connectivity index (χ2v) is 6.67. The van der Waals surface area contributed by atoms with Crippen LogP contribution in [0.4, 0.5) is 10.2 Å². The fourth-order valence-corrected chi connectivity index (χ4v) is 2.89. The molecule has 138 valence electrons. The third kappa shape index (κ3) is 3.77. The van der Waals surface area contributed by atoms with E-state index in [1.54, 1.807) is 0 Å². The number of aliphatic hydroxyl groups excluding tert-OH is 2. The molecule has 2 aromatic rings. The Kier molecular flexibility index (Phi) is 4.72. The molecule has 12 nitrogen and oxygen atoms in total. The van der Waals surface area contributed by atoms with E-state index >= 15 is 0 Å². The molecule has 1 fully saturated rings. The maximum absolute atomic E-state index is 13.3. The number of nitrogen functional groups attached to an aromatic ring is 1. The Morgan fingerprint density at radius 2 is 2.00 bits per heavy atom. The highest BCUT2D eigenvalue weighted by molar-refractivity contribution is 7.46. The third-order valence-electron chi connectivity index (χ3n) is 3.71. The van der Waals surface area contributed by atoms with E-state index in [1.807, 2.05) is 0 Å². The van der Waals surface area contributed by atoms with Crippen LogP contribution in [0.15, 0.2) is 6.33 Å². The van der Waals surface area contributed by atoms with E-state index in [2.05, 4.69) is 19.5 Å². The number of imidazole rings is 1. The van der Waals surface area contributed by atoms with Crippen LogP contribution in [0.25, 0.3) is 11.2 Å². The lowest BCUT2D eigenvalue weighted by Gasteiger charge is -2.15. The highest BCUT2D eigenvalue weighted by Crippen LogP contribution is 2.37. The van der Waals surface area contributed by atoms with Gasteiger partial charge in [-0.1, -0.05) is 0 Å². The first-order valence-electron chi connectivity index (χ1n) is 7.01. The molecule has 3 heterocycles. The normalized spacial score (nSPS) is 27.2. The fourth-order valence-electron chi connectivity index (χ4n) is 2.55. The van der Waals surface area contributed by atoms with Gasteiger partial charge in [-0.15, -0.1) is 0 Å². The highest BCUT2D eigenvalue weighted by Gasteiger charge is 2.43. The van der Waals surface area contributed by atoms with Crippen molar-refractivity contribution in [2.45, 2.75) is 31.0 Å². The summed E-state index contributed by atoms with van der Waals surface area (Å²) in [5, 5.41) is 20.0. The maximum Gasteiger partial charge on any atom is 0.469 e. The molecule has 6 N–H and O–H groups in total. The van der Waals surface area contributed by atoms with Crippen molar-refractivity contribution in [3.8, 4) is 0 Å². The van der Waals surface area contributed by atoms with Crippen molar-refractivity contribution in [1.29, 1.82) is 0 Å². The number of fused-ring (bicyclic) bond motifs is 1. The summed E-state index contributed by atoms with van der Waals surface area (Å²) in [7, 11) is -4.74. The van der Waals surface area contributed by atoms with Gasteiger partial charge in [0.25, 0.3) is 0 Å². The number of halogens is 1. The summed E-state index contributed by atoms with van der Waals surface area (Å²) in [4.78, 5) is 28.3. The van der Waals surface area contributed by atoms with Crippen molar-refractivity contribution in [3.05, 3.63) is 12.4 Å². The molecular formula is C11H15FN5O7P. The van der Waals surface area contributed by atoms with Crippen LogP contribution in [-0.2, 0) is 20.4 Å². The third-order valence-corrected chi connectivity index (χ3v) is 4.19. The van der Waals surface area contributed by atoms with Crippen LogP contribution >= 0.6 is 7.82 Å². The van der Waals surface area contributed by atoms with Gasteiger partial charge >= 0.3 is 13.9 Å². The van der Waals surface area contributed by atoms with Gasteiger partial charge in [0.2, 0.25) is 0 Å². The predicted octanol–water partition coefficient (Wildman–Crippen LogP) is -1.85. The molecule has 0 radical (unpaired) electrons. The van der Waals surface area contributed by atoms with E-state index < -0.39 is 44.9 Å². The van der Waals surface area contributed by atoms with Gasteiger partial charge in [-0.2, -0.15) is 14.4 Å². The van der Waals surface area contributed by atoms with Gasteiger partial charge in [0.05, 0.1) is 19.5 Å². The molecule has 1 aliphatic rings. The molecule has 0 saturated carbocycles. The van der Waals surface area contributed by atoms with Crippen LogP contribution in [0.1, 0.15) is 0 Å². The van der Waals surface area contributed by atoms with Crippen molar-refractivity contribution in [3.63, 3.8) is 0 Å². The monoisotopic (exact) mass is 379 g/mol. The van der Waals surface area contributed by atoms with Gasteiger partial charge < -0.3 is 35.0 Å². The number of aliphatic hydroxyl groups is 2. The van der Waals surface area contributed by atoms with Crippen molar-refractivity contribution in [2.24, 2.45) is 0 Å². The van der Waals surface area contributed by atoms with Crippen molar-refractivity contribution < 1.29 is 38.2 Å². The van der Waals surface area contributed by atoms with Gasteiger partial charge in [-0.25, -0.2) is 9.55 Å². The number of hydrogen-bond acceptors (Lipinski definition) is 9. The lowest BCUT2D eigenvalue weighted by molar-refractivity contribution is -0.0257. The molecule has 0 bridgehead atoms. The summed E-state index contributed by atoms with van der Waals surface area (Å²) >= 11 is 0. The Hall–Kier alpha value is -1.73. The van der Waals surface area contributed by atoms with E-state index in [9.17, 15) is 19.2 Å². The molecule has 14 heteroatoms. The van der Waals surface area contributed by atoms with Crippen LogP contribution in [0.3, 0.4) is 0 Å². The molecule has 3 rings (SSSR count). The lowest BCUT2D eigenvalue weighted by Crippen LogP contribution is -2.35. The minimum absolute atomic E-state index is 0.0724. The number of ether oxygens (including phenoxy) is 1. The molecule has 2 aromatic heterocycles. The zero-order chi connectivity index (χ0) is 18.4. The number of phosphoric ester groups is 1. The summed E-state index contributed by atoms with van der Waals surface area (Å²) < 4.78 is 35.1. The SMILES string of the molecule is Nc1nc(F)nc2c1ncn2CC1OC(COP(=O)(O)O)C(O)C1O. The Bertz CT molecular complexity index is 828. The van der Waals surface area contributed by atoms with Crippen molar-refractivity contribution in [1.82, 2.24) is 19.5 Å². The van der Waals surface area contributed by atoms with Gasteiger partial charge in [-0.05, 0) is 0 Å². The quantitative estimate of drug-likeness (QED) is 0.290. The molecule has 4 unspecified atom stereocenters. The highest BCUT2D eigenvalue weighted by atomic mass is 31.2. The number of rotatable bonds is 5. The molecule has 25 heavy (non-hydrogen) atoms. The molecule has 0 aliphatic carbocycles. The first-order valence-corrected chi connectivity index (χ1v) is 8.54. The Labute approximate surface area is 139 Å². The second-order valence-electron chi connectivity index (χ2n) is 5.43. The summed E-state index contributed by atoms with van der Waals surface area (Å²) in [6.45, 7) is -0.690. The van der Waals surface area contributed by atoms with Crippen LogP contribution < -0.4 is 5.73 Å². The standard InChI is InChI=1S/C11H15FN5O7P/c12-11-15-9(13)6-10(16-11)17(3-14-6)1-4-7(18)8(19)5(24-4)2-23-25(20,21)22/h3-5,7-8,18-19H,1-2H2,(H2,13,15,16)(H2,20,21,22). The van der Waals surface area contributed by atoms with E-state index in [-0.39, 0.29) is 23.5 Å². The van der Waals surface area contributed by atoms with E-state index in [0.717, 1.165) is 0 Å². The average Bonchev–Trinajstić information content (AvgIpc) is 3.01. The molecule has 1 aliphatic heterocycles. The summed E-state index contributed by atoms with van der Waals surface area (Å²) in [6, 6.07) is 0. The topological polar surface area (TPSA) is 186 Å². The first-order chi connectivity index (χ1) is 11.7. The number of nitrogens with zero attached hydrogens (tertiary/aromatic N) is 4. The Balaban J connectivity index is 1.76. The van der Waals surface area contributed by atoms with Crippen LogP contribution in [-0.4, -0.2) is 70.5 Å². The van der Waals surface area contributed by atoms with E-state index in [0.29, 0.717) is 0 Å². The zero-order valence-electron chi connectivity index (χ0n) is 12.5. The first kappa shape index (κ1) is 18.1. The molecule has 4 atom stereocenters. The molecule has 0 amide bonds. The molecule has 0 spiro atoms. The largest absolute Gasteiger partial charge is 0.469 e. The number of phosphoric acid groups is 1. The van der Waals surface area contributed by atoms with Crippen molar-refractivity contribution in [2.75, 3.05) is 12.3 Å². The van der Waals surface area contributed by atoms with Crippen molar-refractivity contribution >= 4 is 24.8 Å². The number of anilines is 1. The minimum atomic E-state index is -4.74. The molecule has 1 saturated heterocycles. The predicted molar refractivity (Wildman–Crippen MR) is 78.4 cm³/mol. The summed E-state index contributed by atoms with van der Waals surface area (Å²) in [5.41, 5.74) is 5.79. The Morgan fingerprint density at radius 1 is 1.32 bits per heavy atom. The molecule has 0 aromatic carbocycles. The lowest BCUT2D eigenvalue weighted by atomic mass is 10.1. The Morgan fingerprint density at radius 3 is 2.68 bits per heavy atom. The summed E-state index contributed by atoms with van der Waals surface area (Å²) in [6.07, 6.45) is -4.69. The fraction of sp³-hybridized carbons (Fsp3) is 0.545. The average molecular weight is 379 g/mol. The van der Waals surface area contributed by atoms with Gasteiger partial charge in [-0.3, -0.25) is 4.52 Å². The van der Waals surface area contributed by atoms with E-state index in [4.69, 9.17) is 20.3 Å². The number of nitrogens with two attached hydrogens (primary N) is 1. The maximum atomic E-state index is 13.3. The number of hydrogen-bond donors (Lipinski definition) is 5. The second kappa shape index (κ2) is 6.53. The smallest absolute Gasteiger partial charge is 0.388 e. The minimum Gasteiger partial charge on any atom is -0.388 e. The van der Waals surface area contributed by atoms with Gasteiger partial charge in [0, 0.05) is 0 Å². The summed E-state index contributed by atoms with van der Waals surface area (Å²) in [5.74, 6) is -0.151. The van der Waals surface area contributed by atoms with Crippen LogP contribution in [0.5, 0.6) is 0 Å². The molecular weight excluding hydrogens is 364 g/mol. The van der Waals surface area contributed by atoms with Gasteiger partial charge in [0.15, 0.2) is 11.5 Å². The zero-order valence-corrected chi connectivity index (χ0v) is 13.4. The van der Waals surface area contributed by atoms with Gasteiger partial charge in [0.1, 0.15) is 29.9 Å². The van der Waals surface area contributed by atoms with E-state index in [1.165, 1.54) is 10.9 Å². The van der Waals surface area contributed by atoms with Crippen LogP contribution in [0, 0.1) is 6.08 Å². The van der Waals surface area contributed by atoms with Crippen LogP contribution in [0.2, 0.25) is 0 Å².